The number of benzene rings is 1. The molecule has 0 spiro atoms. The highest BCUT2D eigenvalue weighted by Crippen LogP contribution is 2.40. The van der Waals surface area contributed by atoms with Crippen LogP contribution in [0.1, 0.15) is 5.56 Å². The molecular formula is C8H4ClF5O2. The van der Waals surface area contributed by atoms with Crippen molar-refractivity contribution < 1.29 is 31.8 Å². The third-order valence-corrected chi connectivity index (χ3v) is 1.57. The molecule has 1 aromatic rings. The Labute approximate surface area is 91.2 Å². The maximum Gasteiger partial charge on any atom is 0.487 e. The number of aromatic hydroxyl groups is 1. The standard InChI is InChI=1S/C8H4ClF5O2/c9-8(13,14)16-6-2-1-4(15)3-5(6)7(10,11)12/h1-3,15H. The molecule has 0 atom stereocenters. The Balaban J connectivity index is 3.19. The van der Waals surface area contributed by atoms with Crippen molar-refractivity contribution >= 4 is 11.6 Å². The fraction of sp³-hybridized carbons (Fsp3) is 0.250. The molecule has 0 aromatic heterocycles. The monoisotopic (exact) mass is 262 g/mol. The lowest BCUT2D eigenvalue weighted by atomic mass is 10.2. The fourth-order valence-corrected chi connectivity index (χ4v) is 1.04. The molecule has 0 fully saturated rings. The molecule has 0 amide bonds. The van der Waals surface area contributed by atoms with Gasteiger partial charge in [0.15, 0.2) is 0 Å². The van der Waals surface area contributed by atoms with E-state index in [1.165, 1.54) is 0 Å². The Morgan fingerprint density at radius 3 is 2.12 bits per heavy atom. The molecule has 0 aliphatic rings. The Morgan fingerprint density at radius 2 is 1.69 bits per heavy atom. The molecule has 0 saturated heterocycles. The zero-order valence-corrected chi connectivity index (χ0v) is 8.11. The summed E-state index contributed by atoms with van der Waals surface area (Å²) >= 11 is 4.34. The van der Waals surface area contributed by atoms with E-state index in [1.807, 2.05) is 0 Å². The molecule has 8 heteroatoms. The van der Waals surface area contributed by atoms with Crippen LogP contribution in [0.5, 0.6) is 11.5 Å². The minimum absolute atomic E-state index is 0.262. The molecule has 0 radical (unpaired) electrons. The second-order valence-electron chi connectivity index (χ2n) is 2.73. The van der Waals surface area contributed by atoms with Gasteiger partial charge in [0.25, 0.3) is 0 Å². The molecule has 0 bridgehead atoms. The average Bonchev–Trinajstić information content (AvgIpc) is 2.04. The minimum atomic E-state index is -4.93. The topological polar surface area (TPSA) is 29.5 Å². The van der Waals surface area contributed by atoms with Crippen molar-refractivity contribution in [3.8, 4) is 11.5 Å². The van der Waals surface area contributed by atoms with E-state index < -0.39 is 28.8 Å². The van der Waals surface area contributed by atoms with Gasteiger partial charge >= 0.3 is 11.7 Å². The van der Waals surface area contributed by atoms with E-state index in [4.69, 9.17) is 5.11 Å². The Morgan fingerprint density at radius 1 is 1.12 bits per heavy atom. The fourth-order valence-electron chi connectivity index (χ4n) is 0.953. The number of halogens is 6. The number of hydrogen-bond donors (Lipinski definition) is 1. The van der Waals surface area contributed by atoms with E-state index in [0.29, 0.717) is 6.07 Å². The van der Waals surface area contributed by atoms with Crippen LogP contribution in [0.4, 0.5) is 22.0 Å². The van der Waals surface area contributed by atoms with Gasteiger partial charge in [-0.25, -0.2) is 0 Å². The van der Waals surface area contributed by atoms with Crippen molar-refractivity contribution in [2.45, 2.75) is 11.7 Å². The molecule has 90 valence electrons. The maximum atomic E-state index is 12.3. The van der Waals surface area contributed by atoms with Crippen molar-refractivity contribution in [2.75, 3.05) is 0 Å². The summed E-state index contributed by atoms with van der Waals surface area (Å²) in [5.74, 6) is -1.89. The van der Waals surface area contributed by atoms with E-state index >= 15 is 0 Å². The summed E-state index contributed by atoms with van der Waals surface area (Å²) in [4.78, 5) is 0. The van der Waals surface area contributed by atoms with Gasteiger partial charge in [0.2, 0.25) is 0 Å². The van der Waals surface area contributed by atoms with E-state index in [1.54, 1.807) is 0 Å². The average molecular weight is 263 g/mol. The van der Waals surface area contributed by atoms with Crippen LogP contribution in [0.3, 0.4) is 0 Å². The van der Waals surface area contributed by atoms with Crippen LogP contribution >= 0.6 is 11.6 Å². The first kappa shape index (κ1) is 12.8. The van der Waals surface area contributed by atoms with Gasteiger partial charge in [-0.3, -0.25) is 0 Å². The molecule has 0 saturated carbocycles. The summed E-state index contributed by atoms with van der Waals surface area (Å²) < 4.78 is 65.0. The summed E-state index contributed by atoms with van der Waals surface area (Å²) in [7, 11) is 0. The van der Waals surface area contributed by atoms with Crippen LogP contribution in [0, 0.1) is 0 Å². The predicted octanol–water partition coefficient (Wildman–Crippen LogP) is 3.58. The highest BCUT2D eigenvalue weighted by Gasteiger charge is 2.38. The van der Waals surface area contributed by atoms with Gasteiger partial charge in [0.05, 0.1) is 0 Å². The summed E-state index contributed by atoms with van der Waals surface area (Å²) in [5.41, 5.74) is -5.79. The Bertz CT molecular complexity index is 385. The largest absolute Gasteiger partial charge is 0.508 e. The van der Waals surface area contributed by atoms with Gasteiger partial charge in [-0.05, 0) is 18.2 Å². The summed E-state index contributed by atoms with van der Waals surface area (Å²) in [6.45, 7) is 0. The third-order valence-electron chi connectivity index (χ3n) is 1.49. The normalized spacial score (nSPS) is 12.6. The molecule has 1 aromatic carbocycles. The number of rotatable bonds is 2. The highest BCUT2D eigenvalue weighted by atomic mass is 35.5. The van der Waals surface area contributed by atoms with Crippen molar-refractivity contribution in [3.05, 3.63) is 23.8 Å². The molecule has 0 aliphatic carbocycles. The molecule has 16 heavy (non-hydrogen) atoms. The summed E-state index contributed by atoms with van der Waals surface area (Å²) in [6, 6.07) is 1.58. The zero-order valence-electron chi connectivity index (χ0n) is 7.36. The molecule has 0 aliphatic heterocycles. The van der Waals surface area contributed by atoms with Crippen LogP contribution in [0.2, 0.25) is 0 Å². The molecule has 1 rings (SSSR count). The second-order valence-corrected chi connectivity index (χ2v) is 3.17. The molecule has 0 unspecified atom stereocenters. The molecule has 1 N–H and O–H groups in total. The predicted molar refractivity (Wildman–Crippen MR) is 44.5 cm³/mol. The second kappa shape index (κ2) is 3.97. The molecule has 0 heterocycles. The zero-order chi connectivity index (χ0) is 12.6. The summed E-state index contributed by atoms with van der Waals surface area (Å²) in [6.07, 6.45) is -4.93. The van der Waals surface area contributed by atoms with Gasteiger partial charge in [0, 0.05) is 11.6 Å². The van der Waals surface area contributed by atoms with Crippen molar-refractivity contribution in [1.82, 2.24) is 0 Å². The first-order chi connectivity index (χ1) is 7.09. The first-order valence-electron chi connectivity index (χ1n) is 3.75. The van der Waals surface area contributed by atoms with Gasteiger partial charge in [-0.15, -0.1) is 8.78 Å². The van der Waals surface area contributed by atoms with Crippen molar-refractivity contribution in [3.63, 3.8) is 0 Å². The SMILES string of the molecule is Oc1ccc(OC(F)(F)Cl)c(C(F)(F)F)c1. The number of phenols is 1. The number of hydrogen-bond acceptors (Lipinski definition) is 2. The third kappa shape index (κ3) is 3.41. The van der Waals surface area contributed by atoms with E-state index in [0.717, 1.165) is 6.07 Å². The number of phenolic OH excluding ortho intramolecular Hbond substituents is 1. The van der Waals surface area contributed by atoms with Crippen molar-refractivity contribution in [2.24, 2.45) is 0 Å². The number of ether oxygens (including phenoxy) is 1. The lowest BCUT2D eigenvalue weighted by Crippen LogP contribution is -2.18. The summed E-state index contributed by atoms with van der Waals surface area (Å²) in [5, 5.41) is 8.82. The Kier molecular flexibility index (Phi) is 3.18. The van der Waals surface area contributed by atoms with Gasteiger partial charge in [-0.2, -0.15) is 13.2 Å². The van der Waals surface area contributed by atoms with Crippen LogP contribution in [0.15, 0.2) is 18.2 Å². The van der Waals surface area contributed by atoms with Crippen LogP contribution < -0.4 is 4.74 Å². The smallest absolute Gasteiger partial charge is 0.487 e. The quantitative estimate of drug-likeness (QED) is 0.652. The van der Waals surface area contributed by atoms with Gasteiger partial charge < -0.3 is 9.84 Å². The molecule has 2 nitrogen and oxygen atoms in total. The van der Waals surface area contributed by atoms with E-state index in [9.17, 15) is 22.0 Å². The van der Waals surface area contributed by atoms with E-state index in [2.05, 4.69) is 16.3 Å². The van der Waals surface area contributed by atoms with E-state index in [-0.39, 0.29) is 6.07 Å². The van der Waals surface area contributed by atoms with Crippen molar-refractivity contribution in [1.29, 1.82) is 0 Å². The lowest BCUT2D eigenvalue weighted by molar-refractivity contribution is -0.145. The Hall–Kier alpha value is -1.24. The lowest BCUT2D eigenvalue weighted by Gasteiger charge is -2.16. The maximum absolute atomic E-state index is 12.3. The van der Waals surface area contributed by atoms with Gasteiger partial charge in [-0.1, -0.05) is 0 Å². The first-order valence-corrected chi connectivity index (χ1v) is 4.13. The molecular weight excluding hydrogens is 259 g/mol. The van der Waals surface area contributed by atoms with Gasteiger partial charge in [0.1, 0.15) is 17.1 Å². The minimum Gasteiger partial charge on any atom is -0.508 e. The van der Waals surface area contributed by atoms with Crippen LogP contribution in [-0.4, -0.2) is 10.7 Å². The van der Waals surface area contributed by atoms with Crippen LogP contribution in [0.25, 0.3) is 0 Å². The van der Waals surface area contributed by atoms with Crippen LogP contribution in [-0.2, 0) is 6.18 Å². The highest BCUT2D eigenvalue weighted by molar-refractivity contribution is 6.20. The number of alkyl halides is 6.